The topological polar surface area (TPSA) is 54.9 Å². The van der Waals surface area contributed by atoms with Gasteiger partial charge >= 0.3 is 0 Å². The summed E-state index contributed by atoms with van der Waals surface area (Å²) in [5.41, 5.74) is 0. The molecule has 1 aromatic carbocycles. The van der Waals surface area contributed by atoms with Gasteiger partial charge in [0.15, 0.2) is 0 Å². The summed E-state index contributed by atoms with van der Waals surface area (Å²) in [4.78, 5) is 13.2. The fourth-order valence-electron chi connectivity index (χ4n) is 1.76. The van der Waals surface area contributed by atoms with E-state index in [1.807, 2.05) is 31.2 Å². The summed E-state index contributed by atoms with van der Waals surface area (Å²) >= 11 is 8.82. The maximum Gasteiger partial charge on any atom is 0.239 e. The van der Waals surface area contributed by atoms with E-state index in [0.29, 0.717) is 16.1 Å². The van der Waals surface area contributed by atoms with Crippen LogP contribution in [0.25, 0.3) is 0 Å². The van der Waals surface area contributed by atoms with Crippen molar-refractivity contribution >= 4 is 45.7 Å². The van der Waals surface area contributed by atoms with Crippen LogP contribution in [0.2, 0.25) is 5.02 Å². The van der Waals surface area contributed by atoms with E-state index in [0.717, 1.165) is 9.90 Å². The molecule has 1 amide bonds. The molecule has 1 aliphatic rings. The van der Waals surface area contributed by atoms with Crippen LogP contribution < -0.4 is 5.32 Å². The van der Waals surface area contributed by atoms with E-state index in [1.54, 1.807) is 0 Å². The van der Waals surface area contributed by atoms with Gasteiger partial charge in [-0.05, 0) is 44.0 Å². The van der Waals surface area contributed by atoms with E-state index < -0.39 is 0 Å². The van der Waals surface area contributed by atoms with Crippen LogP contribution >= 0.6 is 34.7 Å². The number of thioether (sulfide) groups is 1. The van der Waals surface area contributed by atoms with Crippen LogP contribution in [0.5, 0.6) is 0 Å². The lowest BCUT2D eigenvalue weighted by Gasteiger charge is -2.10. The molecular weight excluding hydrogens is 326 g/mol. The Bertz CT molecular complexity index is 640. The summed E-state index contributed by atoms with van der Waals surface area (Å²) in [6.45, 7) is 1.87. The summed E-state index contributed by atoms with van der Waals surface area (Å²) in [6, 6.07) is 7.46. The molecule has 1 atom stereocenters. The van der Waals surface area contributed by atoms with Gasteiger partial charge < -0.3 is 0 Å². The number of hydrogen-bond donors (Lipinski definition) is 1. The number of carbonyl (C=O) groups excluding carboxylic acids is 1. The Labute approximate surface area is 136 Å². The van der Waals surface area contributed by atoms with Crippen molar-refractivity contribution in [3.05, 3.63) is 34.3 Å². The van der Waals surface area contributed by atoms with Crippen molar-refractivity contribution in [2.45, 2.75) is 35.8 Å². The zero-order chi connectivity index (χ0) is 14.8. The summed E-state index contributed by atoms with van der Waals surface area (Å²) in [5, 5.41) is 13.1. The lowest BCUT2D eigenvalue weighted by Crippen LogP contribution is -2.22. The molecular formula is C14H14ClN3OS2. The number of hydrogen-bond acceptors (Lipinski definition) is 5. The molecule has 1 unspecified atom stereocenters. The van der Waals surface area contributed by atoms with Crippen LogP contribution in [0.4, 0.5) is 5.13 Å². The molecule has 0 bridgehead atoms. The van der Waals surface area contributed by atoms with E-state index in [-0.39, 0.29) is 11.2 Å². The maximum absolute atomic E-state index is 12.2. The normalized spacial score (nSPS) is 15.7. The van der Waals surface area contributed by atoms with Crippen molar-refractivity contribution < 1.29 is 4.79 Å². The first-order chi connectivity index (χ1) is 10.1. The quantitative estimate of drug-likeness (QED) is 0.830. The van der Waals surface area contributed by atoms with Gasteiger partial charge in [0.1, 0.15) is 5.01 Å². The first-order valence-corrected chi connectivity index (χ1v) is 8.76. The summed E-state index contributed by atoms with van der Waals surface area (Å²) in [6.07, 6.45) is 2.37. The van der Waals surface area contributed by atoms with Crippen LogP contribution in [-0.2, 0) is 4.79 Å². The summed E-state index contributed by atoms with van der Waals surface area (Å²) in [7, 11) is 0. The number of benzene rings is 1. The third-order valence-corrected chi connectivity index (χ3v) is 5.46. The van der Waals surface area contributed by atoms with Crippen molar-refractivity contribution in [2.75, 3.05) is 5.32 Å². The molecule has 7 heteroatoms. The van der Waals surface area contributed by atoms with E-state index >= 15 is 0 Å². The highest BCUT2D eigenvalue weighted by Crippen LogP contribution is 2.42. The highest BCUT2D eigenvalue weighted by Gasteiger charge is 2.28. The minimum Gasteiger partial charge on any atom is -0.300 e. The van der Waals surface area contributed by atoms with Gasteiger partial charge in [0.2, 0.25) is 11.0 Å². The second-order valence-corrected chi connectivity index (χ2v) is 7.78. The zero-order valence-electron chi connectivity index (χ0n) is 11.4. The van der Waals surface area contributed by atoms with Gasteiger partial charge in [-0.25, -0.2) is 0 Å². The lowest BCUT2D eigenvalue weighted by molar-refractivity contribution is -0.115. The van der Waals surface area contributed by atoms with Crippen molar-refractivity contribution in [1.82, 2.24) is 10.2 Å². The van der Waals surface area contributed by atoms with E-state index in [9.17, 15) is 4.79 Å². The predicted octanol–water partition coefficient (Wildman–Crippen LogP) is 4.19. The highest BCUT2D eigenvalue weighted by molar-refractivity contribution is 8.00. The Hall–Kier alpha value is -1.11. The first kappa shape index (κ1) is 14.8. The Kier molecular flexibility index (Phi) is 4.47. The van der Waals surface area contributed by atoms with Gasteiger partial charge in [0, 0.05) is 15.8 Å². The molecule has 0 saturated heterocycles. The van der Waals surface area contributed by atoms with Crippen molar-refractivity contribution in [3.8, 4) is 0 Å². The van der Waals surface area contributed by atoms with Gasteiger partial charge in [-0.2, -0.15) is 0 Å². The molecule has 0 aliphatic heterocycles. The molecule has 3 rings (SSSR count). The minimum absolute atomic E-state index is 0.0616. The molecule has 110 valence electrons. The zero-order valence-corrected chi connectivity index (χ0v) is 13.8. The van der Waals surface area contributed by atoms with Crippen LogP contribution in [-0.4, -0.2) is 21.4 Å². The SMILES string of the molecule is CC(Sc1ccc(Cl)cc1)C(=O)Nc1nnc(C2CC2)s1. The largest absolute Gasteiger partial charge is 0.300 e. The first-order valence-electron chi connectivity index (χ1n) is 6.68. The number of nitrogens with zero attached hydrogens (tertiary/aromatic N) is 2. The van der Waals surface area contributed by atoms with Gasteiger partial charge in [0.25, 0.3) is 0 Å². The van der Waals surface area contributed by atoms with Gasteiger partial charge in [0.05, 0.1) is 5.25 Å². The molecule has 21 heavy (non-hydrogen) atoms. The predicted molar refractivity (Wildman–Crippen MR) is 87.3 cm³/mol. The number of anilines is 1. The van der Waals surface area contributed by atoms with Crippen LogP contribution in [0.15, 0.2) is 29.2 Å². The Morgan fingerprint density at radius 2 is 2.10 bits per heavy atom. The summed E-state index contributed by atoms with van der Waals surface area (Å²) in [5.74, 6) is 0.502. The monoisotopic (exact) mass is 339 g/mol. The third kappa shape index (κ3) is 3.96. The van der Waals surface area contributed by atoms with Gasteiger partial charge in [-0.3, -0.25) is 10.1 Å². The Morgan fingerprint density at radius 1 is 1.38 bits per heavy atom. The number of nitrogens with one attached hydrogen (secondary N) is 1. The average Bonchev–Trinajstić information content (AvgIpc) is 3.22. The smallest absolute Gasteiger partial charge is 0.239 e. The lowest BCUT2D eigenvalue weighted by atomic mass is 10.4. The van der Waals surface area contributed by atoms with Crippen molar-refractivity contribution in [3.63, 3.8) is 0 Å². The number of aromatic nitrogens is 2. The molecule has 1 fully saturated rings. The Balaban J connectivity index is 1.57. The number of amides is 1. The second kappa shape index (κ2) is 6.34. The Morgan fingerprint density at radius 3 is 2.76 bits per heavy atom. The van der Waals surface area contributed by atoms with Crippen molar-refractivity contribution in [1.29, 1.82) is 0 Å². The standard InChI is InChI=1S/C14H14ClN3OS2/c1-8(20-11-6-4-10(15)5-7-11)12(19)16-14-18-17-13(21-14)9-2-3-9/h4-9H,2-3H2,1H3,(H,16,18,19). The third-order valence-electron chi connectivity index (χ3n) is 3.09. The molecule has 1 saturated carbocycles. The van der Waals surface area contributed by atoms with Gasteiger partial charge in [-0.15, -0.1) is 22.0 Å². The average molecular weight is 340 g/mol. The molecule has 2 aromatic rings. The number of rotatable bonds is 5. The van der Waals surface area contributed by atoms with Crippen LogP contribution in [0.1, 0.15) is 30.7 Å². The molecule has 4 nitrogen and oxygen atoms in total. The van der Waals surface area contributed by atoms with E-state index in [2.05, 4.69) is 15.5 Å². The fourth-order valence-corrected chi connectivity index (χ4v) is 3.67. The van der Waals surface area contributed by atoms with Gasteiger partial charge in [-0.1, -0.05) is 22.9 Å². The number of halogens is 1. The molecule has 1 heterocycles. The molecule has 0 radical (unpaired) electrons. The van der Waals surface area contributed by atoms with E-state index in [1.165, 1.54) is 35.9 Å². The second-order valence-electron chi connectivity index (χ2n) is 4.92. The van der Waals surface area contributed by atoms with E-state index in [4.69, 9.17) is 11.6 Å². The molecule has 1 aromatic heterocycles. The molecule has 1 aliphatic carbocycles. The van der Waals surface area contributed by atoms with Crippen molar-refractivity contribution in [2.24, 2.45) is 0 Å². The van der Waals surface area contributed by atoms with Crippen LogP contribution in [0, 0.1) is 0 Å². The molecule has 1 N–H and O–H groups in total. The maximum atomic E-state index is 12.2. The molecule has 0 spiro atoms. The summed E-state index contributed by atoms with van der Waals surface area (Å²) < 4.78 is 0. The fraction of sp³-hybridized carbons (Fsp3) is 0.357. The van der Waals surface area contributed by atoms with Crippen LogP contribution in [0.3, 0.4) is 0 Å². The highest BCUT2D eigenvalue weighted by atomic mass is 35.5. The number of carbonyl (C=O) groups is 1. The minimum atomic E-state index is -0.209.